The summed E-state index contributed by atoms with van der Waals surface area (Å²) in [6.07, 6.45) is 0. The first-order chi connectivity index (χ1) is 11.3. The Morgan fingerprint density at radius 2 is 1.70 bits per heavy atom. The lowest BCUT2D eigenvalue weighted by molar-refractivity contribution is 0.0758. The summed E-state index contributed by atoms with van der Waals surface area (Å²) in [4.78, 5) is 19.9. The second-order valence-electron chi connectivity index (χ2n) is 5.20. The highest BCUT2D eigenvalue weighted by Gasteiger charge is 2.21. The van der Waals surface area contributed by atoms with Crippen LogP contribution in [0.5, 0.6) is 0 Å². The van der Waals surface area contributed by atoms with Gasteiger partial charge >= 0.3 is 0 Å². The summed E-state index contributed by atoms with van der Waals surface area (Å²) in [5.74, 6) is 0.0395. The second kappa shape index (κ2) is 7.20. The molecule has 0 aliphatic heterocycles. The van der Waals surface area contributed by atoms with E-state index in [2.05, 4.69) is 4.98 Å². The fourth-order valence-corrected chi connectivity index (χ4v) is 3.25. The predicted molar refractivity (Wildman–Crippen MR) is 94.4 cm³/mol. The van der Waals surface area contributed by atoms with Crippen LogP contribution in [0, 0.1) is 0 Å². The van der Waals surface area contributed by atoms with Gasteiger partial charge in [-0.15, -0.1) is 11.3 Å². The van der Waals surface area contributed by atoms with E-state index in [4.69, 9.17) is 0 Å². The molecule has 0 atom stereocenters. The van der Waals surface area contributed by atoms with Gasteiger partial charge in [0.2, 0.25) is 0 Å². The van der Waals surface area contributed by atoms with Crippen LogP contribution in [-0.2, 0) is 6.54 Å². The van der Waals surface area contributed by atoms with E-state index in [1.54, 1.807) is 5.51 Å². The predicted octanol–water partition coefficient (Wildman–Crippen LogP) is 4.47. The molecule has 0 saturated heterocycles. The van der Waals surface area contributed by atoms with Crippen LogP contribution in [0.3, 0.4) is 0 Å². The van der Waals surface area contributed by atoms with E-state index < -0.39 is 0 Å². The molecule has 1 aromatic heterocycles. The highest BCUT2D eigenvalue weighted by atomic mass is 32.1. The number of amides is 1. The topological polar surface area (TPSA) is 33.2 Å². The van der Waals surface area contributed by atoms with Crippen LogP contribution >= 0.6 is 11.3 Å². The molecular weight excluding hydrogens is 304 g/mol. The maximum absolute atomic E-state index is 12.9. The average molecular weight is 322 g/mol. The molecule has 0 fully saturated rings. The first-order valence-electron chi connectivity index (χ1n) is 7.61. The SMILES string of the molecule is CCN(Cc1ccccc1)C(=O)c1scnc1-c1ccccc1. The maximum atomic E-state index is 12.9. The van der Waals surface area contributed by atoms with Gasteiger partial charge in [0.1, 0.15) is 4.88 Å². The van der Waals surface area contributed by atoms with E-state index in [0.717, 1.165) is 16.8 Å². The lowest BCUT2D eigenvalue weighted by Gasteiger charge is -2.20. The number of hydrogen-bond acceptors (Lipinski definition) is 3. The minimum absolute atomic E-state index is 0.0395. The van der Waals surface area contributed by atoms with E-state index in [1.807, 2.05) is 72.5 Å². The van der Waals surface area contributed by atoms with Gasteiger partial charge in [0.05, 0.1) is 11.2 Å². The summed E-state index contributed by atoms with van der Waals surface area (Å²) < 4.78 is 0. The van der Waals surface area contributed by atoms with Crippen molar-refractivity contribution in [1.29, 1.82) is 0 Å². The molecule has 0 aliphatic rings. The van der Waals surface area contributed by atoms with Crippen molar-refractivity contribution in [3.63, 3.8) is 0 Å². The Morgan fingerprint density at radius 1 is 1.04 bits per heavy atom. The van der Waals surface area contributed by atoms with Gasteiger partial charge in [-0.3, -0.25) is 4.79 Å². The number of nitrogens with zero attached hydrogens (tertiary/aromatic N) is 2. The van der Waals surface area contributed by atoms with Crippen molar-refractivity contribution in [3.8, 4) is 11.3 Å². The smallest absolute Gasteiger partial charge is 0.266 e. The largest absolute Gasteiger partial charge is 0.334 e. The minimum Gasteiger partial charge on any atom is -0.334 e. The van der Waals surface area contributed by atoms with Crippen molar-refractivity contribution in [2.45, 2.75) is 13.5 Å². The summed E-state index contributed by atoms with van der Waals surface area (Å²) in [7, 11) is 0. The minimum atomic E-state index is 0.0395. The van der Waals surface area contributed by atoms with Gasteiger partial charge in [-0.2, -0.15) is 0 Å². The first kappa shape index (κ1) is 15.4. The van der Waals surface area contributed by atoms with E-state index in [0.29, 0.717) is 18.0 Å². The Morgan fingerprint density at radius 3 is 2.35 bits per heavy atom. The van der Waals surface area contributed by atoms with Gasteiger partial charge in [0.25, 0.3) is 5.91 Å². The monoisotopic (exact) mass is 322 g/mol. The third kappa shape index (κ3) is 3.48. The zero-order chi connectivity index (χ0) is 16.1. The first-order valence-corrected chi connectivity index (χ1v) is 8.49. The second-order valence-corrected chi connectivity index (χ2v) is 6.06. The number of aromatic nitrogens is 1. The number of thiazole rings is 1. The summed E-state index contributed by atoms with van der Waals surface area (Å²) in [6, 6.07) is 19.9. The van der Waals surface area contributed by atoms with Crippen LogP contribution in [-0.4, -0.2) is 22.3 Å². The van der Waals surface area contributed by atoms with Crippen LogP contribution in [0.1, 0.15) is 22.2 Å². The van der Waals surface area contributed by atoms with Crippen LogP contribution in [0.4, 0.5) is 0 Å². The third-order valence-electron chi connectivity index (χ3n) is 3.69. The molecule has 3 rings (SSSR count). The highest BCUT2D eigenvalue weighted by molar-refractivity contribution is 7.12. The van der Waals surface area contributed by atoms with Gasteiger partial charge in [-0.05, 0) is 12.5 Å². The van der Waals surface area contributed by atoms with E-state index in [9.17, 15) is 4.79 Å². The molecule has 0 saturated carbocycles. The lowest BCUT2D eigenvalue weighted by atomic mass is 10.1. The molecule has 0 unspecified atom stereocenters. The Hall–Kier alpha value is -2.46. The molecule has 0 N–H and O–H groups in total. The van der Waals surface area contributed by atoms with Crippen molar-refractivity contribution in [3.05, 3.63) is 76.6 Å². The molecule has 2 aromatic carbocycles. The normalized spacial score (nSPS) is 10.5. The Balaban J connectivity index is 1.86. The Kier molecular flexibility index (Phi) is 4.83. The Labute approximate surface area is 140 Å². The van der Waals surface area contributed by atoms with Crippen LogP contribution in [0.25, 0.3) is 11.3 Å². The van der Waals surface area contributed by atoms with Gasteiger partial charge in [-0.25, -0.2) is 4.98 Å². The number of benzene rings is 2. The molecule has 1 heterocycles. The Bertz CT molecular complexity index is 768. The van der Waals surface area contributed by atoms with Crippen LogP contribution in [0.2, 0.25) is 0 Å². The molecule has 3 aromatic rings. The van der Waals surface area contributed by atoms with Crippen molar-refractivity contribution < 1.29 is 4.79 Å². The summed E-state index contributed by atoms with van der Waals surface area (Å²) in [5.41, 5.74) is 4.62. The number of rotatable bonds is 5. The van der Waals surface area contributed by atoms with Gasteiger partial charge in [-0.1, -0.05) is 60.7 Å². The van der Waals surface area contributed by atoms with E-state index in [-0.39, 0.29) is 5.91 Å². The zero-order valence-electron chi connectivity index (χ0n) is 13.0. The van der Waals surface area contributed by atoms with Crippen LogP contribution < -0.4 is 0 Å². The zero-order valence-corrected chi connectivity index (χ0v) is 13.8. The molecular formula is C19H18N2OS. The molecule has 0 aliphatic carbocycles. The maximum Gasteiger partial charge on any atom is 0.266 e. The van der Waals surface area contributed by atoms with Gasteiger partial charge < -0.3 is 4.90 Å². The number of carbonyl (C=O) groups excluding carboxylic acids is 1. The highest BCUT2D eigenvalue weighted by Crippen LogP contribution is 2.27. The molecule has 116 valence electrons. The fourth-order valence-electron chi connectivity index (χ4n) is 2.47. The molecule has 23 heavy (non-hydrogen) atoms. The van der Waals surface area contributed by atoms with Gasteiger partial charge in [0, 0.05) is 18.7 Å². The van der Waals surface area contributed by atoms with Crippen LogP contribution in [0.15, 0.2) is 66.2 Å². The van der Waals surface area contributed by atoms with Crippen molar-refractivity contribution in [2.75, 3.05) is 6.54 Å². The summed E-state index contributed by atoms with van der Waals surface area (Å²) >= 11 is 1.40. The van der Waals surface area contributed by atoms with E-state index >= 15 is 0 Å². The lowest BCUT2D eigenvalue weighted by Crippen LogP contribution is -2.30. The number of carbonyl (C=O) groups is 1. The number of hydrogen-bond donors (Lipinski definition) is 0. The fraction of sp³-hybridized carbons (Fsp3) is 0.158. The quantitative estimate of drug-likeness (QED) is 0.694. The molecule has 0 spiro atoms. The molecule has 0 bridgehead atoms. The van der Waals surface area contributed by atoms with Crippen molar-refractivity contribution in [1.82, 2.24) is 9.88 Å². The van der Waals surface area contributed by atoms with Crippen molar-refractivity contribution in [2.24, 2.45) is 0 Å². The third-order valence-corrected chi connectivity index (χ3v) is 4.51. The summed E-state index contributed by atoms with van der Waals surface area (Å²) in [6.45, 7) is 3.28. The molecule has 3 nitrogen and oxygen atoms in total. The molecule has 0 radical (unpaired) electrons. The molecule has 1 amide bonds. The standard InChI is InChI=1S/C19H18N2OS/c1-2-21(13-15-9-5-3-6-10-15)19(22)18-17(20-14-23-18)16-11-7-4-8-12-16/h3-12,14H,2,13H2,1H3. The average Bonchev–Trinajstić information content (AvgIpc) is 3.10. The van der Waals surface area contributed by atoms with Crippen molar-refractivity contribution >= 4 is 17.2 Å². The van der Waals surface area contributed by atoms with E-state index in [1.165, 1.54) is 11.3 Å². The van der Waals surface area contributed by atoms with Gasteiger partial charge in [0.15, 0.2) is 0 Å². The molecule has 4 heteroatoms. The summed E-state index contributed by atoms with van der Waals surface area (Å²) in [5, 5.41) is 0.